The number of nitrogens with two attached hydrogens (primary N) is 1. The molecule has 3 aromatic rings. The first-order valence-corrected chi connectivity index (χ1v) is 9.25. The largest absolute Gasteiger partial charge is 0.487 e. The quantitative estimate of drug-likeness (QED) is 0.669. The Kier molecular flexibility index (Phi) is 5.04. The van der Waals surface area contributed by atoms with Gasteiger partial charge >= 0.3 is 5.97 Å². The molecule has 1 aliphatic rings. The van der Waals surface area contributed by atoms with Crippen molar-refractivity contribution in [2.75, 3.05) is 25.1 Å². The second-order valence-corrected chi connectivity index (χ2v) is 6.75. The standard InChI is InChI=1S/C22H23N3O3/c1-27-22(26)19-5-4-6-20(21(19)24-11-2-3-12-24)25-14-18(15-25)28-17-9-7-16(13-23)8-10-17/h2-12,18H,13-15,23H2,1H3. The van der Waals surface area contributed by atoms with Crippen LogP contribution in [0.3, 0.4) is 0 Å². The third-order valence-electron chi connectivity index (χ3n) is 4.93. The topological polar surface area (TPSA) is 69.7 Å². The lowest BCUT2D eigenvalue weighted by molar-refractivity contribution is 0.0601. The molecule has 1 saturated heterocycles. The lowest BCUT2D eigenvalue weighted by Crippen LogP contribution is -2.54. The summed E-state index contributed by atoms with van der Waals surface area (Å²) in [6.45, 7) is 2.02. The van der Waals surface area contributed by atoms with Gasteiger partial charge in [-0.1, -0.05) is 18.2 Å². The molecule has 28 heavy (non-hydrogen) atoms. The average Bonchev–Trinajstić information content (AvgIpc) is 3.24. The zero-order chi connectivity index (χ0) is 19.5. The van der Waals surface area contributed by atoms with Gasteiger partial charge in [0, 0.05) is 18.9 Å². The summed E-state index contributed by atoms with van der Waals surface area (Å²) in [4.78, 5) is 14.5. The lowest BCUT2D eigenvalue weighted by atomic mass is 10.1. The molecule has 0 bridgehead atoms. The summed E-state index contributed by atoms with van der Waals surface area (Å²) in [5, 5.41) is 0. The highest BCUT2D eigenvalue weighted by Crippen LogP contribution is 2.33. The molecule has 0 unspecified atom stereocenters. The summed E-state index contributed by atoms with van der Waals surface area (Å²) < 4.78 is 13.0. The number of hydrogen-bond donors (Lipinski definition) is 1. The number of anilines is 1. The van der Waals surface area contributed by atoms with E-state index in [0.29, 0.717) is 12.1 Å². The van der Waals surface area contributed by atoms with Crippen LogP contribution in [0.2, 0.25) is 0 Å². The molecule has 0 aliphatic carbocycles. The second kappa shape index (κ2) is 7.78. The maximum absolute atomic E-state index is 12.3. The van der Waals surface area contributed by atoms with Gasteiger partial charge in [-0.2, -0.15) is 0 Å². The molecule has 6 heteroatoms. The van der Waals surface area contributed by atoms with Gasteiger partial charge < -0.3 is 24.7 Å². The Hall–Kier alpha value is -3.25. The Morgan fingerprint density at radius 3 is 2.43 bits per heavy atom. The number of nitrogens with zero attached hydrogens (tertiary/aromatic N) is 2. The van der Waals surface area contributed by atoms with E-state index in [0.717, 1.165) is 35.8 Å². The van der Waals surface area contributed by atoms with Gasteiger partial charge in [-0.05, 0) is 42.0 Å². The normalized spacial score (nSPS) is 13.9. The summed E-state index contributed by atoms with van der Waals surface area (Å²) in [5.74, 6) is 0.495. The van der Waals surface area contributed by atoms with Crippen LogP contribution in [0.25, 0.3) is 5.69 Å². The fraction of sp³-hybridized carbons (Fsp3) is 0.227. The van der Waals surface area contributed by atoms with Crippen molar-refractivity contribution in [3.63, 3.8) is 0 Å². The monoisotopic (exact) mass is 377 g/mol. The van der Waals surface area contributed by atoms with Crippen LogP contribution in [-0.4, -0.2) is 36.8 Å². The SMILES string of the molecule is COC(=O)c1cccc(N2CC(Oc3ccc(CN)cc3)C2)c1-n1cccc1. The minimum atomic E-state index is -0.348. The zero-order valence-corrected chi connectivity index (χ0v) is 15.7. The molecule has 0 amide bonds. The molecule has 2 N–H and O–H groups in total. The summed E-state index contributed by atoms with van der Waals surface area (Å²) >= 11 is 0. The van der Waals surface area contributed by atoms with Gasteiger partial charge in [0.05, 0.1) is 37.1 Å². The zero-order valence-electron chi connectivity index (χ0n) is 15.7. The highest BCUT2D eigenvalue weighted by atomic mass is 16.5. The van der Waals surface area contributed by atoms with E-state index < -0.39 is 0 Å². The van der Waals surface area contributed by atoms with E-state index in [4.69, 9.17) is 15.2 Å². The fourth-order valence-electron chi connectivity index (χ4n) is 3.42. The molecule has 1 aromatic heterocycles. The predicted octanol–water partition coefficient (Wildman–Crippen LogP) is 2.99. The van der Waals surface area contributed by atoms with E-state index in [2.05, 4.69) is 4.90 Å². The Morgan fingerprint density at radius 1 is 1.07 bits per heavy atom. The van der Waals surface area contributed by atoms with Crippen molar-refractivity contribution in [2.45, 2.75) is 12.6 Å². The molecule has 0 spiro atoms. The number of methoxy groups -OCH3 is 1. The summed E-state index contributed by atoms with van der Waals surface area (Å²) in [6.07, 6.45) is 3.96. The molecule has 6 nitrogen and oxygen atoms in total. The highest BCUT2D eigenvalue weighted by molar-refractivity contribution is 5.96. The van der Waals surface area contributed by atoms with Crippen molar-refractivity contribution in [2.24, 2.45) is 5.73 Å². The fourth-order valence-corrected chi connectivity index (χ4v) is 3.42. The number of ether oxygens (including phenoxy) is 2. The van der Waals surface area contributed by atoms with E-state index in [-0.39, 0.29) is 12.1 Å². The number of aromatic nitrogens is 1. The smallest absolute Gasteiger partial charge is 0.340 e. The van der Waals surface area contributed by atoms with Crippen LogP contribution in [0.1, 0.15) is 15.9 Å². The Labute approximate surface area is 164 Å². The van der Waals surface area contributed by atoms with E-state index in [9.17, 15) is 4.79 Å². The first-order valence-electron chi connectivity index (χ1n) is 9.25. The number of carbonyl (C=O) groups excluding carboxylic acids is 1. The van der Waals surface area contributed by atoms with Crippen LogP contribution < -0.4 is 15.4 Å². The van der Waals surface area contributed by atoms with Crippen LogP contribution in [-0.2, 0) is 11.3 Å². The summed E-state index contributed by atoms with van der Waals surface area (Å²) in [7, 11) is 1.40. The van der Waals surface area contributed by atoms with Gasteiger partial charge in [0.2, 0.25) is 0 Å². The minimum Gasteiger partial charge on any atom is -0.487 e. The number of hydrogen-bond acceptors (Lipinski definition) is 5. The third-order valence-corrected chi connectivity index (χ3v) is 4.93. The lowest BCUT2D eigenvalue weighted by Gasteiger charge is -2.41. The third kappa shape index (κ3) is 3.46. The number of carbonyl (C=O) groups is 1. The number of esters is 1. The van der Waals surface area contributed by atoms with Crippen molar-refractivity contribution in [3.8, 4) is 11.4 Å². The van der Waals surface area contributed by atoms with E-state index in [1.54, 1.807) is 6.07 Å². The van der Waals surface area contributed by atoms with Crippen LogP contribution in [0.15, 0.2) is 67.0 Å². The summed E-state index contributed by atoms with van der Waals surface area (Å²) in [6, 6.07) is 17.4. The van der Waals surface area contributed by atoms with Crippen molar-refractivity contribution in [3.05, 3.63) is 78.1 Å². The Balaban J connectivity index is 1.53. The maximum Gasteiger partial charge on any atom is 0.340 e. The van der Waals surface area contributed by atoms with Gasteiger partial charge in [-0.25, -0.2) is 4.79 Å². The van der Waals surface area contributed by atoms with Gasteiger partial charge in [0.25, 0.3) is 0 Å². The molecular weight excluding hydrogens is 354 g/mol. The Morgan fingerprint density at radius 2 is 1.79 bits per heavy atom. The van der Waals surface area contributed by atoms with Gasteiger partial charge in [-0.15, -0.1) is 0 Å². The van der Waals surface area contributed by atoms with Gasteiger partial charge in [-0.3, -0.25) is 0 Å². The number of benzene rings is 2. The van der Waals surface area contributed by atoms with Crippen LogP contribution in [0, 0.1) is 0 Å². The maximum atomic E-state index is 12.3. The molecule has 2 heterocycles. The first kappa shape index (κ1) is 18.1. The van der Waals surface area contributed by atoms with Crippen molar-refractivity contribution in [1.82, 2.24) is 4.57 Å². The molecule has 1 aliphatic heterocycles. The van der Waals surface area contributed by atoms with E-state index >= 15 is 0 Å². The van der Waals surface area contributed by atoms with E-state index in [1.807, 2.05) is 65.5 Å². The molecule has 144 valence electrons. The average molecular weight is 377 g/mol. The van der Waals surface area contributed by atoms with Crippen molar-refractivity contribution in [1.29, 1.82) is 0 Å². The second-order valence-electron chi connectivity index (χ2n) is 6.75. The van der Waals surface area contributed by atoms with Gasteiger partial charge in [0.15, 0.2) is 0 Å². The van der Waals surface area contributed by atoms with Crippen LogP contribution in [0.4, 0.5) is 5.69 Å². The number of para-hydroxylation sites is 1. The van der Waals surface area contributed by atoms with Crippen LogP contribution in [0.5, 0.6) is 5.75 Å². The van der Waals surface area contributed by atoms with E-state index in [1.165, 1.54) is 7.11 Å². The molecule has 0 radical (unpaired) electrons. The summed E-state index contributed by atoms with van der Waals surface area (Å²) in [5.41, 5.74) is 9.07. The minimum absolute atomic E-state index is 0.100. The molecule has 0 saturated carbocycles. The molecule has 4 rings (SSSR count). The highest BCUT2D eigenvalue weighted by Gasteiger charge is 2.31. The molecular formula is C22H23N3O3. The molecule has 0 atom stereocenters. The van der Waals surface area contributed by atoms with Crippen molar-refractivity contribution < 1.29 is 14.3 Å². The predicted molar refractivity (Wildman–Crippen MR) is 108 cm³/mol. The molecule has 2 aromatic carbocycles. The van der Waals surface area contributed by atoms with Gasteiger partial charge in [0.1, 0.15) is 11.9 Å². The molecule has 1 fully saturated rings. The number of rotatable bonds is 6. The van der Waals surface area contributed by atoms with Crippen molar-refractivity contribution >= 4 is 11.7 Å². The first-order chi connectivity index (χ1) is 13.7. The Bertz CT molecular complexity index is 946. The van der Waals surface area contributed by atoms with Crippen LogP contribution >= 0.6 is 0 Å².